The van der Waals surface area contributed by atoms with Crippen molar-refractivity contribution in [2.45, 2.75) is 25.3 Å². The lowest BCUT2D eigenvalue weighted by Crippen LogP contribution is -2.44. The van der Waals surface area contributed by atoms with Crippen LogP contribution in [0.25, 0.3) is 10.9 Å². The third kappa shape index (κ3) is 3.27. The number of para-hydroxylation sites is 1. The Labute approximate surface area is 152 Å². The smallest absolute Gasteiger partial charge is 0.266 e. The Hall–Kier alpha value is -2.89. The number of hydrogen-bond acceptors (Lipinski definition) is 5. The van der Waals surface area contributed by atoms with E-state index in [1.165, 1.54) is 11.1 Å². The molecule has 0 saturated carbocycles. The predicted molar refractivity (Wildman–Crippen MR) is 105 cm³/mol. The lowest BCUT2D eigenvalue weighted by atomic mass is 10.0. The minimum Gasteiger partial charge on any atom is -0.382 e. The van der Waals surface area contributed by atoms with Crippen molar-refractivity contribution in [1.82, 2.24) is 14.8 Å². The molecule has 0 radical (unpaired) electrons. The summed E-state index contributed by atoms with van der Waals surface area (Å²) in [6.07, 6.45) is 5.32. The molecule has 1 fully saturated rings. The number of aromatic nitrogens is 3. The zero-order valence-corrected chi connectivity index (χ0v) is 14.9. The molecule has 1 atom stereocenters. The number of nitrogens with zero attached hydrogens (tertiary/aromatic N) is 4. The number of pyridine rings is 1. The van der Waals surface area contributed by atoms with Gasteiger partial charge >= 0.3 is 0 Å². The summed E-state index contributed by atoms with van der Waals surface area (Å²) in [5, 5.41) is 9.19. The minimum atomic E-state index is -0.0799. The summed E-state index contributed by atoms with van der Waals surface area (Å²) >= 11 is 0. The fraction of sp³-hybridized carbons (Fsp3) is 0.350. The van der Waals surface area contributed by atoms with Gasteiger partial charge in [-0.2, -0.15) is 5.10 Å². The maximum Gasteiger partial charge on any atom is 0.266 e. The zero-order chi connectivity index (χ0) is 17.9. The fourth-order valence-corrected chi connectivity index (χ4v) is 3.64. The summed E-state index contributed by atoms with van der Waals surface area (Å²) in [4.78, 5) is 18.4. The molecule has 1 aromatic carbocycles. The number of benzene rings is 1. The summed E-state index contributed by atoms with van der Waals surface area (Å²) < 4.78 is 1.41. The number of aryl methyl sites for hydroxylation is 1. The summed E-state index contributed by atoms with van der Waals surface area (Å²) in [5.41, 5.74) is 2.02. The molecule has 1 unspecified atom stereocenters. The zero-order valence-electron chi connectivity index (χ0n) is 14.9. The van der Waals surface area contributed by atoms with Gasteiger partial charge in [-0.1, -0.05) is 18.2 Å². The maximum atomic E-state index is 11.6. The Morgan fingerprint density at radius 3 is 2.92 bits per heavy atom. The van der Waals surface area contributed by atoms with Crippen molar-refractivity contribution in [2.24, 2.45) is 7.05 Å². The quantitative estimate of drug-likeness (QED) is 0.785. The van der Waals surface area contributed by atoms with Crippen LogP contribution in [0.3, 0.4) is 0 Å². The first-order chi connectivity index (χ1) is 12.7. The van der Waals surface area contributed by atoms with E-state index < -0.39 is 0 Å². The van der Waals surface area contributed by atoms with Gasteiger partial charge in [0.1, 0.15) is 5.82 Å². The number of rotatable bonds is 4. The van der Waals surface area contributed by atoms with Gasteiger partial charge < -0.3 is 10.2 Å². The lowest BCUT2D eigenvalue weighted by molar-refractivity contribution is 0.464. The van der Waals surface area contributed by atoms with Crippen molar-refractivity contribution in [3.8, 4) is 0 Å². The van der Waals surface area contributed by atoms with Gasteiger partial charge in [-0.3, -0.25) is 9.78 Å². The molecule has 0 amide bonds. The molecule has 3 aromatic rings. The molecule has 2 aromatic heterocycles. The number of fused-ring (bicyclic) bond motifs is 1. The van der Waals surface area contributed by atoms with E-state index in [9.17, 15) is 4.79 Å². The highest BCUT2D eigenvalue weighted by Crippen LogP contribution is 2.25. The lowest BCUT2D eigenvalue weighted by Gasteiger charge is -2.37. The number of nitrogens with one attached hydrogen (secondary N) is 1. The molecule has 0 bridgehead atoms. The van der Waals surface area contributed by atoms with Crippen molar-refractivity contribution in [3.63, 3.8) is 0 Å². The van der Waals surface area contributed by atoms with Crippen LogP contribution in [0.4, 0.5) is 11.5 Å². The van der Waals surface area contributed by atoms with Crippen LogP contribution in [-0.2, 0) is 7.05 Å². The average Bonchev–Trinajstić information content (AvgIpc) is 2.69. The van der Waals surface area contributed by atoms with Crippen LogP contribution in [0.5, 0.6) is 0 Å². The second-order valence-electron chi connectivity index (χ2n) is 6.75. The molecule has 1 saturated heterocycles. The van der Waals surface area contributed by atoms with Crippen molar-refractivity contribution < 1.29 is 0 Å². The van der Waals surface area contributed by atoms with Crippen LogP contribution in [0.1, 0.15) is 19.3 Å². The van der Waals surface area contributed by atoms with Crippen LogP contribution < -0.4 is 15.8 Å². The molecule has 134 valence electrons. The first-order valence-corrected chi connectivity index (χ1v) is 9.11. The molecular weight excluding hydrogens is 326 g/mol. The van der Waals surface area contributed by atoms with Gasteiger partial charge in [0, 0.05) is 49.5 Å². The topological polar surface area (TPSA) is 63.1 Å². The molecule has 1 aliphatic rings. The van der Waals surface area contributed by atoms with Crippen LogP contribution in [-0.4, -0.2) is 33.9 Å². The molecule has 0 spiro atoms. The van der Waals surface area contributed by atoms with Gasteiger partial charge in [-0.15, -0.1) is 0 Å². The highest BCUT2D eigenvalue weighted by atomic mass is 16.1. The molecule has 4 rings (SSSR count). The van der Waals surface area contributed by atoms with Gasteiger partial charge in [0.25, 0.3) is 5.56 Å². The molecule has 1 aliphatic heterocycles. The summed E-state index contributed by atoms with van der Waals surface area (Å²) in [5.74, 6) is 0.873. The third-order valence-corrected chi connectivity index (χ3v) is 5.04. The molecule has 26 heavy (non-hydrogen) atoms. The van der Waals surface area contributed by atoms with E-state index in [-0.39, 0.29) is 5.56 Å². The second-order valence-corrected chi connectivity index (χ2v) is 6.75. The molecule has 6 nitrogen and oxygen atoms in total. The van der Waals surface area contributed by atoms with Crippen LogP contribution in [0.15, 0.2) is 53.5 Å². The fourth-order valence-electron chi connectivity index (χ4n) is 3.64. The van der Waals surface area contributed by atoms with E-state index in [4.69, 9.17) is 0 Å². The number of anilines is 2. The van der Waals surface area contributed by atoms with Crippen LogP contribution in [0, 0.1) is 0 Å². The Kier molecular flexibility index (Phi) is 4.56. The first-order valence-electron chi connectivity index (χ1n) is 9.11. The van der Waals surface area contributed by atoms with E-state index in [0.29, 0.717) is 6.04 Å². The standard InChI is InChI=1S/C20H23N5O/c1-24-20(26)10-9-19(23-24)25-13-5-4-6-15(25)14-22-18-11-12-21-17-8-3-2-7-16(17)18/h2-3,7-12,15H,4-6,13-14H2,1H3,(H,21,22). The molecule has 3 heterocycles. The Bertz CT molecular complexity index is 962. The SMILES string of the molecule is Cn1nc(N2CCCCC2CNc2ccnc3ccccc23)ccc1=O. The van der Waals surface area contributed by atoms with Crippen LogP contribution >= 0.6 is 0 Å². The van der Waals surface area contributed by atoms with Gasteiger partial charge in [-0.25, -0.2) is 4.68 Å². The Balaban J connectivity index is 1.55. The van der Waals surface area contributed by atoms with E-state index in [1.807, 2.05) is 36.5 Å². The van der Waals surface area contributed by atoms with Crippen LogP contribution in [0.2, 0.25) is 0 Å². The molecule has 6 heteroatoms. The van der Waals surface area contributed by atoms with Gasteiger partial charge in [-0.05, 0) is 37.5 Å². The molecular formula is C20H23N5O. The van der Waals surface area contributed by atoms with E-state index in [0.717, 1.165) is 48.3 Å². The van der Waals surface area contributed by atoms with E-state index in [2.05, 4.69) is 26.4 Å². The Morgan fingerprint density at radius 1 is 1.15 bits per heavy atom. The van der Waals surface area contributed by atoms with Crippen molar-refractivity contribution in [1.29, 1.82) is 0 Å². The third-order valence-electron chi connectivity index (χ3n) is 5.04. The first kappa shape index (κ1) is 16.6. The largest absolute Gasteiger partial charge is 0.382 e. The van der Waals surface area contributed by atoms with Crippen molar-refractivity contribution in [2.75, 3.05) is 23.3 Å². The number of piperidine rings is 1. The molecule has 1 N–H and O–H groups in total. The summed E-state index contributed by atoms with van der Waals surface area (Å²) in [7, 11) is 1.70. The highest BCUT2D eigenvalue weighted by Gasteiger charge is 2.24. The second kappa shape index (κ2) is 7.15. The predicted octanol–water partition coefficient (Wildman–Crippen LogP) is 2.80. The van der Waals surface area contributed by atoms with Gasteiger partial charge in [0.15, 0.2) is 0 Å². The van der Waals surface area contributed by atoms with E-state index >= 15 is 0 Å². The molecule has 0 aliphatic carbocycles. The van der Waals surface area contributed by atoms with E-state index in [1.54, 1.807) is 13.1 Å². The Morgan fingerprint density at radius 2 is 2.04 bits per heavy atom. The van der Waals surface area contributed by atoms with Gasteiger partial charge in [0.05, 0.1) is 5.52 Å². The average molecular weight is 349 g/mol. The van der Waals surface area contributed by atoms with Crippen molar-refractivity contribution in [3.05, 3.63) is 59.0 Å². The van der Waals surface area contributed by atoms with Crippen molar-refractivity contribution >= 4 is 22.4 Å². The monoisotopic (exact) mass is 349 g/mol. The highest BCUT2D eigenvalue weighted by molar-refractivity contribution is 5.90. The normalized spacial score (nSPS) is 17.4. The summed E-state index contributed by atoms with van der Waals surface area (Å²) in [6.45, 7) is 1.80. The summed E-state index contributed by atoms with van der Waals surface area (Å²) in [6, 6.07) is 14.0. The maximum absolute atomic E-state index is 11.6. The number of hydrogen-bond donors (Lipinski definition) is 1. The van der Waals surface area contributed by atoms with Gasteiger partial charge in [0.2, 0.25) is 0 Å². The minimum absolute atomic E-state index is 0.0799.